The van der Waals surface area contributed by atoms with E-state index in [0.717, 1.165) is 11.1 Å². The number of carbonyl (C=O) groups is 1. The van der Waals surface area contributed by atoms with Crippen LogP contribution < -0.4 is 10.6 Å². The van der Waals surface area contributed by atoms with E-state index >= 15 is 0 Å². The first-order valence-electron chi connectivity index (χ1n) is 4.90. The molecule has 1 aromatic rings. The Morgan fingerprint density at radius 2 is 2.31 bits per heavy atom. The monoisotopic (exact) mass is 236 g/mol. The molecule has 4 nitrogen and oxygen atoms in total. The normalized spacial score (nSPS) is 19.4. The van der Waals surface area contributed by atoms with Gasteiger partial charge in [-0.3, -0.25) is 4.79 Å². The standard InChI is InChI=1S/C11H12N2O2S/c1-15-6-7-3-2-4-8(5-7)9-10(14)13-11(16)12-9/h2-5,9H,6H2,1H3,(H2,12,13,14,16). The summed E-state index contributed by atoms with van der Waals surface area (Å²) in [6.45, 7) is 0.534. The first-order chi connectivity index (χ1) is 7.70. The number of thiocarbonyl (C=S) groups is 1. The lowest BCUT2D eigenvalue weighted by atomic mass is 10.0. The molecule has 1 unspecified atom stereocenters. The van der Waals surface area contributed by atoms with Gasteiger partial charge >= 0.3 is 0 Å². The van der Waals surface area contributed by atoms with Gasteiger partial charge in [0.25, 0.3) is 5.91 Å². The molecule has 0 aliphatic carbocycles. The SMILES string of the molecule is COCc1cccc(C2NC(=S)NC2=O)c1. The molecule has 1 amide bonds. The van der Waals surface area contributed by atoms with E-state index in [1.165, 1.54) is 0 Å². The van der Waals surface area contributed by atoms with Crippen LogP contribution in [-0.4, -0.2) is 18.1 Å². The van der Waals surface area contributed by atoms with Gasteiger partial charge in [0, 0.05) is 7.11 Å². The van der Waals surface area contributed by atoms with E-state index in [1.807, 2.05) is 24.3 Å². The summed E-state index contributed by atoms with van der Waals surface area (Å²) in [5, 5.41) is 5.87. The maximum Gasteiger partial charge on any atom is 0.253 e. The van der Waals surface area contributed by atoms with Gasteiger partial charge in [-0.2, -0.15) is 0 Å². The van der Waals surface area contributed by atoms with Crippen LogP contribution in [0.25, 0.3) is 0 Å². The largest absolute Gasteiger partial charge is 0.380 e. The highest BCUT2D eigenvalue weighted by Gasteiger charge is 2.28. The minimum Gasteiger partial charge on any atom is -0.380 e. The molecule has 0 saturated carbocycles. The Morgan fingerprint density at radius 3 is 2.94 bits per heavy atom. The smallest absolute Gasteiger partial charge is 0.253 e. The third kappa shape index (κ3) is 2.20. The Kier molecular flexibility index (Phi) is 3.17. The van der Waals surface area contributed by atoms with Crippen LogP contribution in [0.15, 0.2) is 24.3 Å². The van der Waals surface area contributed by atoms with Crippen molar-refractivity contribution in [3.8, 4) is 0 Å². The number of ether oxygens (including phenoxy) is 1. The molecule has 1 heterocycles. The van der Waals surface area contributed by atoms with Gasteiger partial charge in [0.1, 0.15) is 6.04 Å². The quantitative estimate of drug-likeness (QED) is 0.765. The van der Waals surface area contributed by atoms with Gasteiger partial charge in [-0.15, -0.1) is 0 Å². The van der Waals surface area contributed by atoms with Gasteiger partial charge in [0.2, 0.25) is 0 Å². The summed E-state index contributed by atoms with van der Waals surface area (Å²) in [7, 11) is 1.64. The van der Waals surface area contributed by atoms with Crippen molar-refractivity contribution in [1.29, 1.82) is 0 Å². The average molecular weight is 236 g/mol. The lowest BCUT2D eigenvalue weighted by Crippen LogP contribution is -2.21. The van der Waals surface area contributed by atoms with Crippen LogP contribution in [-0.2, 0) is 16.1 Å². The Morgan fingerprint density at radius 1 is 1.50 bits per heavy atom. The van der Waals surface area contributed by atoms with E-state index in [4.69, 9.17) is 17.0 Å². The van der Waals surface area contributed by atoms with Crippen molar-refractivity contribution in [2.75, 3.05) is 7.11 Å². The molecule has 1 aliphatic heterocycles. The van der Waals surface area contributed by atoms with Gasteiger partial charge < -0.3 is 15.4 Å². The summed E-state index contributed by atoms with van der Waals surface area (Å²) in [6, 6.07) is 7.31. The van der Waals surface area contributed by atoms with E-state index in [9.17, 15) is 4.79 Å². The summed E-state index contributed by atoms with van der Waals surface area (Å²) in [5.41, 5.74) is 1.93. The molecule has 84 valence electrons. The average Bonchev–Trinajstić information content (AvgIpc) is 2.59. The molecule has 1 aliphatic rings. The minimum atomic E-state index is -0.385. The van der Waals surface area contributed by atoms with Gasteiger partial charge in [-0.05, 0) is 23.3 Å². The molecular formula is C11H12N2O2S. The maximum absolute atomic E-state index is 11.6. The van der Waals surface area contributed by atoms with Crippen molar-refractivity contribution in [3.05, 3.63) is 35.4 Å². The molecule has 1 saturated heterocycles. The molecule has 1 aromatic carbocycles. The number of nitrogens with one attached hydrogen (secondary N) is 2. The summed E-state index contributed by atoms with van der Waals surface area (Å²) >= 11 is 4.89. The Labute approximate surface area is 99.0 Å². The number of hydrogen-bond donors (Lipinski definition) is 2. The van der Waals surface area contributed by atoms with E-state index in [-0.39, 0.29) is 11.9 Å². The number of methoxy groups -OCH3 is 1. The summed E-state index contributed by atoms with van der Waals surface area (Å²) in [6.07, 6.45) is 0. The first kappa shape index (κ1) is 11.0. The molecule has 16 heavy (non-hydrogen) atoms. The summed E-state index contributed by atoms with van der Waals surface area (Å²) < 4.78 is 5.05. The van der Waals surface area contributed by atoms with Crippen LogP contribution in [0.4, 0.5) is 0 Å². The third-order valence-corrected chi connectivity index (χ3v) is 2.59. The topological polar surface area (TPSA) is 50.4 Å². The van der Waals surface area contributed by atoms with Gasteiger partial charge in [-0.25, -0.2) is 0 Å². The van der Waals surface area contributed by atoms with Crippen LogP contribution in [0.2, 0.25) is 0 Å². The highest BCUT2D eigenvalue weighted by atomic mass is 32.1. The molecule has 5 heteroatoms. The molecule has 2 rings (SSSR count). The molecule has 0 aromatic heterocycles. The summed E-state index contributed by atoms with van der Waals surface area (Å²) in [5.74, 6) is -0.112. The lowest BCUT2D eigenvalue weighted by molar-refractivity contribution is -0.120. The van der Waals surface area contributed by atoms with Crippen molar-refractivity contribution in [2.24, 2.45) is 0 Å². The van der Waals surface area contributed by atoms with Crippen molar-refractivity contribution in [3.63, 3.8) is 0 Å². The van der Waals surface area contributed by atoms with Crippen LogP contribution in [0.1, 0.15) is 17.2 Å². The second-order valence-electron chi connectivity index (χ2n) is 3.57. The summed E-state index contributed by atoms with van der Waals surface area (Å²) in [4.78, 5) is 11.6. The van der Waals surface area contributed by atoms with Crippen molar-refractivity contribution >= 4 is 23.2 Å². The number of benzene rings is 1. The minimum absolute atomic E-state index is 0.112. The molecule has 1 fully saturated rings. The van der Waals surface area contributed by atoms with Gasteiger partial charge in [-0.1, -0.05) is 24.3 Å². The molecule has 1 atom stereocenters. The van der Waals surface area contributed by atoms with Crippen molar-refractivity contribution in [1.82, 2.24) is 10.6 Å². The number of carbonyl (C=O) groups excluding carboxylic acids is 1. The maximum atomic E-state index is 11.6. The fraction of sp³-hybridized carbons (Fsp3) is 0.273. The second-order valence-corrected chi connectivity index (χ2v) is 3.98. The Hall–Kier alpha value is -1.46. The second kappa shape index (κ2) is 4.59. The third-order valence-electron chi connectivity index (χ3n) is 2.37. The lowest BCUT2D eigenvalue weighted by Gasteiger charge is -2.09. The zero-order chi connectivity index (χ0) is 11.5. The zero-order valence-corrected chi connectivity index (χ0v) is 9.64. The molecule has 2 N–H and O–H groups in total. The molecule has 0 bridgehead atoms. The Bertz CT molecular complexity index is 434. The number of rotatable bonds is 3. The predicted molar refractivity (Wildman–Crippen MR) is 63.8 cm³/mol. The number of amides is 1. The van der Waals surface area contributed by atoms with E-state index in [1.54, 1.807) is 7.11 Å². The molecular weight excluding hydrogens is 224 g/mol. The molecule has 0 radical (unpaired) electrons. The highest BCUT2D eigenvalue weighted by molar-refractivity contribution is 7.80. The van der Waals surface area contributed by atoms with Crippen LogP contribution in [0.3, 0.4) is 0 Å². The Balaban J connectivity index is 2.23. The zero-order valence-electron chi connectivity index (χ0n) is 8.82. The first-order valence-corrected chi connectivity index (χ1v) is 5.30. The van der Waals surface area contributed by atoms with Crippen LogP contribution >= 0.6 is 12.2 Å². The fourth-order valence-electron chi connectivity index (χ4n) is 1.68. The predicted octanol–water partition coefficient (Wildman–Crippen LogP) is 0.878. The number of hydrogen-bond acceptors (Lipinski definition) is 3. The molecule has 0 spiro atoms. The van der Waals surface area contributed by atoms with Crippen LogP contribution in [0, 0.1) is 0 Å². The highest BCUT2D eigenvalue weighted by Crippen LogP contribution is 2.18. The van der Waals surface area contributed by atoms with E-state index < -0.39 is 0 Å². The van der Waals surface area contributed by atoms with Crippen molar-refractivity contribution < 1.29 is 9.53 Å². The van der Waals surface area contributed by atoms with Gasteiger partial charge in [0.15, 0.2) is 5.11 Å². The van der Waals surface area contributed by atoms with Gasteiger partial charge in [0.05, 0.1) is 6.61 Å². The van der Waals surface area contributed by atoms with E-state index in [0.29, 0.717) is 11.7 Å². The van der Waals surface area contributed by atoms with E-state index in [2.05, 4.69) is 10.6 Å². The van der Waals surface area contributed by atoms with Crippen molar-refractivity contribution in [2.45, 2.75) is 12.6 Å². The van der Waals surface area contributed by atoms with Crippen LogP contribution in [0.5, 0.6) is 0 Å². The fourth-order valence-corrected chi connectivity index (χ4v) is 1.90.